The lowest BCUT2D eigenvalue weighted by atomic mass is 9.64. The van der Waals surface area contributed by atoms with E-state index in [-0.39, 0.29) is 5.75 Å². The number of carbonyl (C=O) groups excluding carboxylic acids is 1. The normalized spacial score (nSPS) is 11.2. The van der Waals surface area contributed by atoms with Crippen LogP contribution in [0.15, 0.2) is 103 Å². The van der Waals surface area contributed by atoms with Crippen LogP contribution >= 0.6 is 0 Å². The zero-order chi connectivity index (χ0) is 20.3. The Morgan fingerprint density at radius 3 is 1.48 bits per heavy atom. The van der Waals surface area contributed by atoms with Crippen LogP contribution in [0.1, 0.15) is 38.2 Å². The van der Waals surface area contributed by atoms with Crippen molar-refractivity contribution < 1.29 is 9.90 Å². The number of rotatable bonds is 5. The summed E-state index contributed by atoms with van der Waals surface area (Å²) in [5.41, 5.74) is 4.22. The molecular formula is C27H22O2. The molecule has 0 atom stereocenters. The van der Waals surface area contributed by atoms with Crippen molar-refractivity contribution in [2.45, 2.75) is 12.3 Å². The van der Waals surface area contributed by atoms with E-state index in [1.165, 1.54) is 0 Å². The predicted molar refractivity (Wildman–Crippen MR) is 117 cm³/mol. The van der Waals surface area contributed by atoms with Gasteiger partial charge in [0.1, 0.15) is 5.75 Å². The maximum atomic E-state index is 11.7. The number of phenols is 1. The van der Waals surface area contributed by atoms with Gasteiger partial charge in [-0.15, -0.1) is 0 Å². The molecule has 0 spiro atoms. The number of benzene rings is 4. The molecule has 0 amide bonds. The van der Waals surface area contributed by atoms with Crippen LogP contribution in [0.5, 0.6) is 5.75 Å². The van der Waals surface area contributed by atoms with Crippen molar-refractivity contribution >= 4 is 6.29 Å². The number of phenolic OH excluding ortho intramolecular Hbond substituents is 1. The summed E-state index contributed by atoms with van der Waals surface area (Å²) in [5, 5.41) is 11.2. The first kappa shape index (κ1) is 18.7. The predicted octanol–water partition coefficient (Wildman–Crippen LogP) is 5.90. The van der Waals surface area contributed by atoms with Crippen LogP contribution < -0.4 is 0 Å². The van der Waals surface area contributed by atoms with Crippen molar-refractivity contribution in [3.63, 3.8) is 0 Å². The van der Waals surface area contributed by atoms with Crippen LogP contribution in [-0.4, -0.2) is 11.4 Å². The third-order valence-corrected chi connectivity index (χ3v) is 5.44. The summed E-state index contributed by atoms with van der Waals surface area (Å²) in [7, 11) is 0. The van der Waals surface area contributed by atoms with E-state index in [1.54, 1.807) is 6.07 Å². The van der Waals surface area contributed by atoms with E-state index in [4.69, 9.17) is 0 Å². The van der Waals surface area contributed by atoms with Crippen LogP contribution in [0.4, 0.5) is 0 Å². The van der Waals surface area contributed by atoms with Crippen LogP contribution in [0, 0.1) is 6.92 Å². The minimum absolute atomic E-state index is 0.0159. The van der Waals surface area contributed by atoms with Crippen LogP contribution in [0.2, 0.25) is 0 Å². The lowest BCUT2D eigenvalue weighted by Crippen LogP contribution is -2.31. The molecule has 0 fully saturated rings. The lowest BCUT2D eigenvalue weighted by molar-refractivity contribution is 0.112. The first-order chi connectivity index (χ1) is 14.2. The van der Waals surface area contributed by atoms with Gasteiger partial charge in [-0.25, -0.2) is 0 Å². The van der Waals surface area contributed by atoms with Gasteiger partial charge < -0.3 is 5.11 Å². The molecule has 4 aromatic carbocycles. The molecule has 0 bridgehead atoms. The largest absolute Gasteiger partial charge is 0.507 e. The van der Waals surface area contributed by atoms with Crippen molar-refractivity contribution in [1.29, 1.82) is 0 Å². The molecule has 2 heteroatoms. The Bertz CT molecular complexity index is 1020. The summed E-state index contributed by atoms with van der Waals surface area (Å²) < 4.78 is 0. The fourth-order valence-corrected chi connectivity index (χ4v) is 4.21. The minimum Gasteiger partial charge on any atom is -0.507 e. The summed E-state index contributed by atoms with van der Waals surface area (Å²) in [4.78, 5) is 11.7. The highest BCUT2D eigenvalue weighted by Crippen LogP contribution is 2.48. The van der Waals surface area contributed by atoms with Gasteiger partial charge in [0.25, 0.3) is 0 Å². The molecule has 4 aromatic rings. The molecule has 0 unspecified atom stereocenters. The Labute approximate surface area is 171 Å². The zero-order valence-electron chi connectivity index (χ0n) is 16.2. The summed E-state index contributed by atoms with van der Waals surface area (Å²) >= 11 is 0. The Balaban J connectivity index is 2.22. The number of hydrogen-bond acceptors (Lipinski definition) is 2. The maximum Gasteiger partial charge on any atom is 0.153 e. The number of aryl methyl sites for hydroxylation is 1. The molecule has 2 nitrogen and oxygen atoms in total. The SMILES string of the molecule is Cc1cc(C=O)c(O)c(C(c2ccccc2)(c2ccccc2)c2ccccc2)c1. The van der Waals surface area contributed by atoms with Crippen molar-refractivity contribution in [1.82, 2.24) is 0 Å². The van der Waals surface area contributed by atoms with E-state index < -0.39 is 5.41 Å². The highest BCUT2D eigenvalue weighted by Gasteiger charge is 2.40. The van der Waals surface area contributed by atoms with Crippen molar-refractivity contribution in [2.75, 3.05) is 0 Å². The molecule has 0 saturated carbocycles. The topological polar surface area (TPSA) is 37.3 Å². The Kier molecular flexibility index (Phi) is 5.01. The Hall–Kier alpha value is -3.65. The van der Waals surface area contributed by atoms with Gasteiger partial charge in [0, 0.05) is 5.56 Å². The highest BCUT2D eigenvalue weighted by atomic mass is 16.3. The number of aromatic hydroxyl groups is 1. The second kappa shape index (κ2) is 7.76. The van der Waals surface area contributed by atoms with Gasteiger partial charge in [0.15, 0.2) is 6.29 Å². The van der Waals surface area contributed by atoms with E-state index in [2.05, 4.69) is 36.4 Å². The molecule has 0 aliphatic rings. The molecule has 0 aromatic heterocycles. The monoisotopic (exact) mass is 378 g/mol. The molecule has 1 N–H and O–H groups in total. The summed E-state index contributed by atoms with van der Waals surface area (Å²) in [6, 6.07) is 34.1. The van der Waals surface area contributed by atoms with Gasteiger partial charge in [0.05, 0.1) is 11.0 Å². The number of carbonyl (C=O) groups is 1. The Morgan fingerprint density at radius 2 is 1.10 bits per heavy atom. The molecular weight excluding hydrogens is 356 g/mol. The van der Waals surface area contributed by atoms with Crippen molar-refractivity contribution in [2.24, 2.45) is 0 Å². The first-order valence-electron chi connectivity index (χ1n) is 9.63. The lowest BCUT2D eigenvalue weighted by Gasteiger charge is -2.37. The smallest absolute Gasteiger partial charge is 0.153 e. The molecule has 29 heavy (non-hydrogen) atoms. The average Bonchev–Trinajstić information content (AvgIpc) is 2.78. The van der Waals surface area contributed by atoms with Gasteiger partial charge in [-0.1, -0.05) is 97.1 Å². The summed E-state index contributed by atoms with van der Waals surface area (Å²) in [6.45, 7) is 1.95. The third-order valence-electron chi connectivity index (χ3n) is 5.44. The van der Waals surface area contributed by atoms with E-state index in [9.17, 15) is 9.90 Å². The van der Waals surface area contributed by atoms with E-state index in [1.807, 2.05) is 67.6 Å². The molecule has 0 radical (unpaired) electrons. The first-order valence-corrected chi connectivity index (χ1v) is 9.63. The van der Waals surface area contributed by atoms with Crippen molar-refractivity contribution in [3.8, 4) is 5.75 Å². The average molecular weight is 378 g/mol. The molecule has 4 rings (SSSR count). The zero-order valence-corrected chi connectivity index (χ0v) is 16.2. The quantitative estimate of drug-likeness (QED) is 0.347. The highest BCUT2D eigenvalue weighted by molar-refractivity contribution is 5.82. The van der Waals surface area contributed by atoms with Gasteiger partial charge in [-0.2, -0.15) is 0 Å². The van der Waals surface area contributed by atoms with Gasteiger partial charge in [0.2, 0.25) is 0 Å². The fourth-order valence-electron chi connectivity index (χ4n) is 4.21. The minimum atomic E-state index is -0.766. The fraction of sp³-hybridized carbons (Fsp3) is 0.0741. The standard InChI is InChI=1S/C27H22O2/c1-20-17-21(19-28)26(29)25(18-20)27(22-11-5-2-6-12-22,23-13-7-3-8-14-23)24-15-9-4-10-16-24/h2-19,29H,1H3. The van der Waals surface area contributed by atoms with Gasteiger partial charge in [-0.3, -0.25) is 4.79 Å². The number of aldehydes is 1. The van der Waals surface area contributed by atoms with E-state index in [0.717, 1.165) is 28.5 Å². The van der Waals surface area contributed by atoms with Crippen LogP contribution in [0.3, 0.4) is 0 Å². The van der Waals surface area contributed by atoms with E-state index >= 15 is 0 Å². The Morgan fingerprint density at radius 1 is 0.690 bits per heavy atom. The third kappa shape index (κ3) is 3.13. The molecule has 0 aliphatic carbocycles. The molecule has 0 saturated heterocycles. The van der Waals surface area contributed by atoms with Gasteiger partial charge in [-0.05, 0) is 35.2 Å². The molecule has 0 aliphatic heterocycles. The molecule has 0 heterocycles. The molecule has 142 valence electrons. The van der Waals surface area contributed by atoms with Gasteiger partial charge >= 0.3 is 0 Å². The second-order valence-corrected chi connectivity index (χ2v) is 7.22. The summed E-state index contributed by atoms with van der Waals surface area (Å²) in [6.07, 6.45) is 0.720. The second-order valence-electron chi connectivity index (χ2n) is 7.22. The van der Waals surface area contributed by atoms with E-state index in [0.29, 0.717) is 11.1 Å². The van der Waals surface area contributed by atoms with Crippen molar-refractivity contribution in [3.05, 3.63) is 137 Å². The van der Waals surface area contributed by atoms with Crippen LogP contribution in [-0.2, 0) is 5.41 Å². The maximum absolute atomic E-state index is 11.7. The van der Waals surface area contributed by atoms with Crippen LogP contribution in [0.25, 0.3) is 0 Å². The number of hydrogen-bond donors (Lipinski definition) is 1. The summed E-state index contributed by atoms with van der Waals surface area (Å²) in [5.74, 6) is 0.0159.